The molecule has 3 heteroatoms. The van der Waals surface area contributed by atoms with Crippen LogP contribution >= 0.6 is 0 Å². The van der Waals surface area contributed by atoms with Gasteiger partial charge in [0.1, 0.15) is 6.29 Å². The van der Waals surface area contributed by atoms with Crippen LogP contribution in [0.5, 0.6) is 0 Å². The Balaban J connectivity index is 2.51. The first kappa shape index (κ1) is 14.0. The van der Waals surface area contributed by atoms with Crippen molar-refractivity contribution in [3.05, 3.63) is 35.9 Å². The molecule has 1 rings (SSSR count). The zero-order chi connectivity index (χ0) is 13.4. The molecule has 0 aliphatic rings. The molecule has 94 valence electrons. The van der Waals surface area contributed by atoms with Gasteiger partial charge in [0, 0.05) is 5.92 Å². The minimum absolute atomic E-state index is 0.0729. The van der Waals surface area contributed by atoms with E-state index in [1.165, 1.54) is 0 Å². The van der Waals surface area contributed by atoms with Crippen LogP contribution in [0.1, 0.15) is 30.1 Å². The first-order chi connectivity index (χ1) is 8.67. The Morgan fingerprint density at radius 3 is 2.61 bits per heavy atom. The summed E-state index contributed by atoms with van der Waals surface area (Å²) in [6, 6.07) is 8.68. The van der Waals surface area contributed by atoms with E-state index < -0.39 is 12.1 Å². The predicted octanol–water partition coefficient (Wildman–Crippen LogP) is 2.46. The number of rotatable bonds is 6. The lowest BCUT2D eigenvalue weighted by Crippen LogP contribution is -2.17. The third-order valence-corrected chi connectivity index (χ3v) is 2.56. The van der Waals surface area contributed by atoms with Crippen molar-refractivity contribution in [2.75, 3.05) is 0 Å². The van der Waals surface area contributed by atoms with E-state index in [1.807, 2.05) is 6.07 Å². The van der Waals surface area contributed by atoms with Gasteiger partial charge in [-0.3, -0.25) is 0 Å². The van der Waals surface area contributed by atoms with Gasteiger partial charge in [0.2, 0.25) is 0 Å². The van der Waals surface area contributed by atoms with Crippen LogP contribution in [0.15, 0.2) is 30.3 Å². The van der Waals surface area contributed by atoms with Gasteiger partial charge < -0.3 is 9.53 Å². The van der Waals surface area contributed by atoms with E-state index in [0.29, 0.717) is 18.4 Å². The van der Waals surface area contributed by atoms with Crippen LogP contribution in [0.25, 0.3) is 0 Å². The summed E-state index contributed by atoms with van der Waals surface area (Å²) in [7, 11) is 0. The minimum Gasteiger partial charge on any atom is -0.446 e. The molecule has 1 aromatic rings. The summed E-state index contributed by atoms with van der Waals surface area (Å²) in [5.41, 5.74) is 0.473. The summed E-state index contributed by atoms with van der Waals surface area (Å²) in [5.74, 6) is 1.92. The number of esters is 1. The van der Waals surface area contributed by atoms with Crippen LogP contribution < -0.4 is 0 Å². The number of benzene rings is 1. The van der Waals surface area contributed by atoms with Crippen LogP contribution in [-0.4, -0.2) is 18.4 Å². The first-order valence-corrected chi connectivity index (χ1v) is 5.84. The molecule has 0 saturated carbocycles. The lowest BCUT2D eigenvalue weighted by molar-refractivity contribution is -0.110. The van der Waals surface area contributed by atoms with Gasteiger partial charge in [-0.05, 0) is 25.0 Å². The van der Waals surface area contributed by atoms with Crippen molar-refractivity contribution in [3.63, 3.8) is 0 Å². The predicted molar refractivity (Wildman–Crippen MR) is 68.9 cm³/mol. The number of carbonyl (C=O) groups excluding carboxylic acids is 2. The highest BCUT2D eigenvalue weighted by atomic mass is 16.5. The van der Waals surface area contributed by atoms with Crippen LogP contribution in [0.3, 0.4) is 0 Å². The Morgan fingerprint density at radius 1 is 1.39 bits per heavy atom. The molecule has 0 aromatic heterocycles. The van der Waals surface area contributed by atoms with Crippen LogP contribution in [0.2, 0.25) is 0 Å². The molecule has 0 saturated heterocycles. The summed E-state index contributed by atoms with van der Waals surface area (Å²) in [6.45, 7) is 1.81. The van der Waals surface area contributed by atoms with Crippen molar-refractivity contribution in [2.24, 2.45) is 5.92 Å². The highest BCUT2D eigenvalue weighted by molar-refractivity contribution is 5.89. The zero-order valence-corrected chi connectivity index (χ0v) is 10.3. The molecule has 0 radical (unpaired) electrons. The Kier molecular flexibility index (Phi) is 5.66. The molecule has 0 amide bonds. The maximum atomic E-state index is 11.7. The summed E-state index contributed by atoms with van der Waals surface area (Å²) < 4.78 is 5.19. The maximum Gasteiger partial charge on any atom is 0.339 e. The average molecular weight is 244 g/mol. The molecule has 0 aliphatic carbocycles. The maximum absolute atomic E-state index is 11.7. The third kappa shape index (κ3) is 4.42. The van der Waals surface area contributed by atoms with Crippen molar-refractivity contribution in [3.8, 4) is 12.3 Å². The van der Waals surface area contributed by atoms with E-state index >= 15 is 0 Å². The number of carbonyl (C=O) groups is 2. The Hall–Kier alpha value is -2.08. The first-order valence-electron chi connectivity index (χ1n) is 5.84. The Labute approximate surface area is 107 Å². The number of terminal acetylenes is 1. The molecule has 0 heterocycles. The van der Waals surface area contributed by atoms with Gasteiger partial charge in [-0.15, -0.1) is 6.42 Å². The molecule has 0 bridgehead atoms. The summed E-state index contributed by atoms with van der Waals surface area (Å²) in [4.78, 5) is 22.2. The Morgan fingerprint density at radius 2 is 2.06 bits per heavy atom. The lowest BCUT2D eigenvalue weighted by atomic mass is 10.0. The van der Waals surface area contributed by atoms with E-state index in [1.54, 1.807) is 31.2 Å². The molecule has 2 atom stereocenters. The van der Waals surface area contributed by atoms with Crippen molar-refractivity contribution < 1.29 is 14.3 Å². The highest BCUT2D eigenvalue weighted by Crippen LogP contribution is 2.10. The van der Waals surface area contributed by atoms with Crippen LogP contribution in [0, 0.1) is 18.3 Å². The normalized spacial score (nSPS) is 13.1. The van der Waals surface area contributed by atoms with Crippen LogP contribution in [0.4, 0.5) is 0 Å². The number of ether oxygens (including phenoxy) is 1. The quantitative estimate of drug-likeness (QED) is 0.438. The fourth-order valence-electron chi connectivity index (χ4n) is 1.43. The average Bonchev–Trinajstić information content (AvgIpc) is 2.43. The van der Waals surface area contributed by atoms with Crippen molar-refractivity contribution in [1.29, 1.82) is 0 Å². The highest BCUT2D eigenvalue weighted by Gasteiger charge is 2.14. The van der Waals surface area contributed by atoms with E-state index in [-0.39, 0.29) is 5.92 Å². The number of hydrogen-bond acceptors (Lipinski definition) is 3. The molecular formula is C15H16O3. The second-order valence-corrected chi connectivity index (χ2v) is 4.12. The van der Waals surface area contributed by atoms with Gasteiger partial charge >= 0.3 is 5.97 Å². The second-order valence-electron chi connectivity index (χ2n) is 4.12. The van der Waals surface area contributed by atoms with Gasteiger partial charge in [0.15, 0.2) is 6.10 Å². The topological polar surface area (TPSA) is 43.4 Å². The van der Waals surface area contributed by atoms with Gasteiger partial charge in [-0.25, -0.2) is 4.79 Å². The third-order valence-electron chi connectivity index (χ3n) is 2.56. The van der Waals surface area contributed by atoms with Gasteiger partial charge in [-0.2, -0.15) is 0 Å². The van der Waals surface area contributed by atoms with Gasteiger partial charge in [0.25, 0.3) is 0 Å². The number of aldehydes is 1. The summed E-state index contributed by atoms with van der Waals surface area (Å²) >= 11 is 0. The molecule has 0 fully saturated rings. The molecule has 18 heavy (non-hydrogen) atoms. The minimum atomic E-state index is -0.583. The zero-order valence-electron chi connectivity index (χ0n) is 10.3. The molecule has 0 spiro atoms. The molecule has 1 aromatic carbocycles. The largest absolute Gasteiger partial charge is 0.446 e. The fraction of sp³-hybridized carbons (Fsp3) is 0.333. The Bertz CT molecular complexity index is 431. The monoisotopic (exact) mass is 244 g/mol. The molecular weight excluding hydrogens is 228 g/mol. The molecule has 0 aliphatic heterocycles. The SMILES string of the molecule is C#CC(CC[C@H](C)C=O)OC(=O)c1ccccc1. The lowest BCUT2D eigenvalue weighted by Gasteiger charge is -2.13. The number of hydrogen-bond donors (Lipinski definition) is 0. The molecule has 0 N–H and O–H groups in total. The van der Waals surface area contributed by atoms with Crippen molar-refractivity contribution in [1.82, 2.24) is 0 Å². The smallest absolute Gasteiger partial charge is 0.339 e. The van der Waals surface area contributed by atoms with Crippen LogP contribution in [-0.2, 0) is 9.53 Å². The van der Waals surface area contributed by atoms with Crippen molar-refractivity contribution >= 4 is 12.3 Å². The summed E-state index contributed by atoms with van der Waals surface area (Å²) in [5, 5.41) is 0. The van der Waals surface area contributed by atoms with Gasteiger partial charge in [-0.1, -0.05) is 31.0 Å². The molecule has 3 nitrogen and oxygen atoms in total. The van der Waals surface area contributed by atoms with E-state index in [0.717, 1.165) is 6.29 Å². The van der Waals surface area contributed by atoms with E-state index in [2.05, 4.69) is 5.92 Å². The summed E-state index contributed by atoms with van der Waals surface area (Å²) in [6.07, 6.45) is 6.70. The van der Waals surface area contributed by atoms with Gasteiger partial charge in [0.05, 0.1) is 5.56 Å². The molecule has 1 unspecified atom stereocenters. The standard InChI is InChI=1S/C15H16O3/c1-3-14(10-9-12(2)11-16)18-15(17)13-7-5-4-6-8-13/h1,4-8,11-12,14H,9-10H2,2H3/t12-,14?/m0/s1. The van der Waals surface area contributed by atoms with Crippen molar-refractivity contribution in [2.45, 2.75) is 25.9 Å². The fourth-order valence-corrected chi connectivity index (χ4v) is 1.43. The van der Waals surface area contributed by atoms with E-state index in [9.17, 15) is 9.59 Å². The second kappa shape index (κ2) is 7.29. The van der Waals surface area contributed by atoms with E-state index in [4.69, 9.17) is 11.2 Å².